The number of rotatable bonds is 2. The highest BCUT2D eigenvalue weighted by Gasteiger charge is 2.33. The first-order valence-corrected chi connectivity index (χ1v) is 9.65. The first-order valence-electron chi connectivity index (χ1n) is 8.67. The molecule has 2 aliphatic rings. The number of carbonyl (C=O) groups excluding carboxylic acids is 1. The zero-order valence-corrected chi connectivity index (χ0v) is 15.3. The average molecular weight is 355 g/mol. The molecule has 2 aromatic rings. The van der Waals surface area contributed by atoms with Gasteiger partial charge in [-0.2, -0.15) is 0 Å². The van der Waals surface area contributed by atoms with Gasteiger partial charge in [-0.3, -0.25) is 14.2 Å². The van der Waals surface area contributed by atoms with Crippen LogP contribution in [0.2, 0.25) is 0 Å². The second-order valence-corrected chi connectivity index (χ2v) is 7.82. The summed E-state index contributed by atoms with van der Waals surface area (Å²) in [5.41, 5.74) is 3.62. The molecule has 0 saturated carbocycles. The summed E-state index contributed by atoms with van der Waals surface area (Å²) in [7, 11) is 0. The minimum Gasteiger partial charge on any atom is -0.331 e. The Kier molecular flexibility index (Phi) is 4.15. The molecule has 1 fully saturated rings. The number of benzene rings is 1. The lowest BCUT2D eigenvalue weighted by molar-refractivity contribution is 0.0732. The van der Waals surface area contributed by atoms with E-state index in [4.69, 9.17) is 0 Å². The summed E-state index contributed by atoms with van der Waals surface area (Å²) in [4.78, 5) is 31.9. The number of nitrogens with zero attached hydrogens (tertiary/aromatic N) is 3. The van der Waals surface area contributed by atoms with E-state index in [0.29, 0.717) is 18.2 Å². The highest BCUT2D eigenvalue weighted by atomic mass is 32.2. The normalized spacial score (nSPS) is 19.3. The zero-order valence-electron chi connectivity index (χ0n) is 14.5. The molecule has 1 aromatic heterocycles. The van der Waals surface area contributed by atoms with Crippen LogP contribution in [0.1, 0.15) is 45.9 Å². The van der Waals surface area contributed by atoms with Crippen LogP contribution < -0.4 is 5.56 Å². The number of aromatic nitrogens is 2. The molecule has 0 aliphatic carbocycles. The number of amides is 1. The van der Waals surface area contributed by atoms with Gasteiger partial charge in [0, 0.05) is 25.0 Å². The van der Waals surface area contributed by atoms with Crippen LogP contribution in [-0.2, 0) is 6.54 Å². The Bertz CT molecular complexity index is 906. The Labute approximate surface area is 151 Å². The lowest BCUT2D eigenvalue weighted by atomic mass is 9.99. The molecule has 25 heavy (non-hydrogen) atoms. The van der Waals surface area contributed by atoms with Crippen LogP contribution >= 0.6 is 11.8 Å². The molecule has 6 heteroatoms. The van der Waals surface area contributed by atoms with E-state index in [1.807, 2.05) is 4.90 Å². The monoisotopic (exact) mass is 355 g/mol. The third-order valence-corrected chi connectivity index (χ3v) is 6.19. The number of thioether (sulfide) groups is 1. The topological polar surface area (TPSA) is 55.2 Å². The largest absolute Gasteiger partial charge is 0.331 e. The van der Waals surface area contributed by atoms with Gasteiger partial charge in [-0.1, -0.05) is 30.0 Å². The van der Waals surface area contributed by atoms with Crippen molar-refractivity contribution in [1.29, 1.82) is 0 Å². The predicted molar refractivity (Wildman–Crippen MR) is 98.1 cm³/mol. The van der Waals surface area contributed by atoms with Crippen LogP contribution in [0.3, 0.4) is 0 Å². The van der Waals surface area contributed by atoms with E-state index < -0.39 is 0 Å². The molecule has 0 spiro atoms. The smallest absolute Gasteiger partial charge is 0.267 e. The van der Waals surface area contributed by atoms with Crippen molar-refractivity contribution in [3.63, 3.8) is 0 Å². The van der Waals surface area contributed by atoms with E-state index in [1.165, 1.54) is 17.3 Å². The van der Waals surface area contributed by atoms with Crippen LogP contribution in [-0.4, -0.2) is 32.7 Å². The van der Waals surface area contributed by atoms with Gasteiger partial charge in [-0.05, 0) is 43.4 Å². The van der Waals surface area contributed by atoms with Crippen molar-refractivity contribution < 1.29 is 4.79 Å². The molecular weight excluding hydrogens is 334 g/mol. The lowest BCUT2D eigenvalue weighted by Gasteiger charge is -2.25. The Morgan fingerprint density at radius 1 is 1.24 bits per heavy atom. The molecule has 0 N–H and O–H groups in total. The fraction of sp³-hybridized carbons (Fsp3) is 0.421. The Morgan fingerprint density at radius 3 is 2.88 bits per heavy atom. The van der Waals surface area contributed by atoms with E-state index >= 15 is 0 Å². The molecule has 5 nitrogen and oxygen atoms in total. The van der Waals surface area contributed by atoms with Gasteiger partial charge >= 0.3 is 0 Å². The maximum atomic E-state index is 13.1. The van der Waals surface area contributed by atoms with Crippen molar-refractivity contribution in [2.24, 2.45) is 0 Å². The van der Waals surface area contributed by atoms with Crippen molar-refractivity contribution >= 4 is 17.7 Å². The molecule has 1 amide bonds. The van der Waals surface area contributed by atoms with E-state index in [9.17, 15) is 9.59 Å². The first-order chi connectivity index (χ1) is 12.1. The molecule has 2 aliphatic heterocycles. The van der Waals surface area contributed by atoms with Crippen molar-refractivity contribution in [2.45, 2.75) is 44.4 Å². The fourth-order valence-electron chi connectivity index (χ4n) is 3.65. The number of carbonyl (C=O) groups is 1. The standard InChI is InChI=1S/C19H21N3O2S/c1-12-5-6-14(10-13(12)2)16-4-3-7-21(16)17(23)15-11-20-19-22(18(15)24)8-9-25-19/h5-6,10-11,16H,3-4,7-9H2,1-2H3. The summed E-state index contributed by atoms with van der Waals surface area (Å²) in [5.74, 6) is 0.653. The molecule has 1 saturated heterocycles. The number of likely N-dealkylation sites (tertiary alicyclic amines) is 1. The highest BCUT2D eigenvalue weighted by Crippen LogP contribution is 2.33. The van der Waals surface area contributed by atoms with Gasteiger partial charge in [0.2, 0.25) is 0 Å². The maximum absolute atomic E-state index is 13.1. The van der Waals surface area contributed by atoms with Gasteiger partial charge < -0.3 is 4.90 Å². The van der Waals surface area contributed by atoms with Crippen LogP contribution in [0.5, 0.6) is 0 Å². The van der Waals surface area contributed by atoms with Crippen LogP contribution in [0.4, 0.5) is 0 Å². The van der Waals surface area contributed by atoms with E-state index in [1.54, 1.807) is 16.3 Å². The molecule has 1 unspecified atom stereocenters. The zero-order chi connectivity index (χ0) is 17.6. The molecule has 130 valence electrons. The fourth-order valence-corrected chi connectivity index (χ4v) is 4.56. The van der Waals surface area contributed by atoms with Crippen molar-refractivity contribution in [1.82, 2.24) is 14.5 Å². The summed E-state index contributed by atoms with van der Waals surface area (Å²) < 4.78 is 1.62. The molecule has 0 radical (unpaired) electrons. The summed E-state index contributed by atoms with van der Waals surface area (Å²) >= 11 is 1.56. The third kappa shape index (κ3) is 2.78. The quantitative estimate of drug-likeness (QED) is 0.777. The Morgan fingerprint density at radius 2 is 2.08 bits per heavy atom. The van der Waals surface area contributed by atoms with Gasteiger partial charge in [0.1, 0.15) is 5.56 Å². The molecule has 1 atom stereocenters. The van der Waals surface area contributed by atoms with Crippen LogP contribution in [0.25, 0.3) is 0 Å². The summed E-state index contributed by atoms with van der Waals surface area (Å²) in [6.07, 6.45) is 3.35. The summed E-state index contributed by atoms with van der Waals surface area (Å²) in [6, 6.07) is 6.41. The van der Waals surface area contributed by atoms with E-state index in [2.05, 4.69) is 37.0 Å². The Balaban J connectivity index is 1.67. The second kappa shape index (κ2) is 6.33. The predicted octanol–water partition coefficient (Wildman–Crippen LogP) is 2.94. The Hall–Kier alpha value is -2.08. The van der Waals surface area contributed by atoms with Crippen molar-refractivity contribution in [3.8, 4) is 0 Å². The average Bonchev–Trinajstić information content (AvgIpc) is 3.26. The molecule has 4 rings (SSSR count). The number of fused-ring (bicyclic) bond motifs is 1. The lowest BCUT2D eigenvalue weighted by Crippen LogP contribution is -2.36. The first kappa shape index (κ1) is 16.4. The SMILES string of the molecule is Cc1ccc(C2CCCN2C(=O)c2cnc3n(c2=O)CCS3)cc1C. The van der Waals surface area contributed by atoms with Gasteiger partial charge in [-0.25, -0.2) is 4.98 Å². The number of hydrogen-bond acceptors (Lipinski definition) is 4. The van der Waals surface area contributed by atoms with Gasteiger partial charge in [0.15, 0.2) is 5.16 Å². The van der Waals surface area contributed by atoms with Crippen LogP contribution in [0, 0.1) is 13.8 Å². The maximum Gasteiger partial charge on any atom is 0.267 e. The van der Waals surface area contributed by atoms with Crippen LogP contribution in [0.15, 0.2) is 34.3 Å². The molecular formula is C19H21N3O2S. The van der Waals surface area contributed by atoms with E-state index in [-0.39, 0.29) is 23.1 Å². The van der Waals surface area contributed by atoms with Gasteiger partial charge in [0.25, 0.3) is 11.5 Å². The molecule has 3 heterocycles. The highest BCUT2D eigenvalue weighted by molar-refractivity contribution is 7.99. The minimum absolute atomic E-state index is 0.0406. The van der Waals surface area contributed by atoms with Gasteiger partial charge in [0.05, 0.1) is 6.04 Å². The number of hydrogen-bond donors (Lipinski definition) is 0. The minimum atomic E-state index is -0.203. The molecule has 0 bridgehead atoms. The van der Waals surface area contributed by atoms with Crippen molar-refractivity contribution in [3.05, 3.63) is 57.0 Å². The van der Waals surface area contributed by atoms with Gasteiger partial charge in [-0.15, -0.1) is 0 Å². The van der Waals surface area contributed by atoms with E-state index in [0.717, 1.165) is 24.2 Å². The molecule has 1 aromatic carbocycles. The second-order valence-electron chi connectivity index (χ2n) is 6.76. The summed E-state index contributed by atoms with van der Waals surface area (Å²) in [6.45, 7) is 5.50. The number of aryl methyl sites for hydroxylation is 2. The summed E-state index contributed by atoms with van der Waals surface area (Å²) in [5, 5.41) is 0.716. The van der Waals surface area contributed by atoms with Crippen molar-refractivity contribution in [2.75, 3.05) is 12.3 Å². The third-order valence-electron chi connectivity index (χ3n) is 5.22.